The van der Waals surface area contributed by atoms with Crippen LogP contribution in [0.3, 0.4) is 0 Å². The molecule has 1 heterocycles. The largest absolute Gasteiger partial charge is 0.318 e. The van der Waals surface area contributed by atoms with E-state index < -0.39 is 7.14 Å². The van der Waals surface area contributed by atoms with Crippen molar-refractivity contribution >= 4 is 12.4 Å². The average molecular weight is 304 g/mol. The molecular weight excluding hydrogens is 287 g/mol. The first-order valence-corrected chi connectivity index (χ1v) is 9.64. The Hall–Kier alpha value is -2.11. The Labute approximate surface area is 131 Å². The zero-order valence-electron chi connectivity index (χ0n) is 12.3. The van der Waals surface area contributed by atoms with E-state index in [0.29, 0.717) is 12.3 Å². The van der Waals surface area contributed by atoms with Crippen LogP contribution in [0, 0.1) is 0 Å². The van der Waals surface area contributed by atoms with E-state index in [-0.39, 0.29) is 0 Å². The van der Waals surface area contributed by atoms with Gasteiger partial charge in [-0.2, -0.15) is 0 Å². The molecule has 3 aromatic rings. The molecule has 0 saturated carbocycles. The first-order chi connectivity index (χ1) is 10.8. The molecule has 0 aliphatic carbocycles. The number of hydrogen-bond acceptors (Lipinski definition) is 1. The van der Waals surface area contributed by atoms with E-state index in [2.05, 4.69) is 42.5 Å². The molecule has 1 aliphatic heterocycles. The molecule has 2 heteroatoms. The predicted octanol–water partition coefficient (Wildman–Crippen LogP) is 5.06. The van der Waals surface area contributed by atoms with Gasteiger partial charge in [-0.15, -0.1) is 0 Å². The predicted molar refractivity (Wildman–Crippen MR) is 93.0 cm³/mol. The summed E-state index contributed by atoms with van der Waals surface area (Å²) >= 11 is 0. The van der Waals surface area contributed by atoms with Gasteiger partial charge in [-0.1, -0.05) is 78.9 Å². The normalized spacial score (nSPS) is 19.3. The van der Waals surface area contributed by atoms with Crippen LogP contribution in [0.5, 0.6) is 0 Å². The first-order valence-electron chi connectivity index (χ1n) is 7.56. The molecule has 1 aliphatic rings. The van der Waals surface area contributed by atoms with Gasteiger partial charge in [0.2, 0.25) is 0 Å². The van der Waals surface area contributed by atoms with Crippen LogP contribution < -0.4 is 5.30 Å². The Morgan fingerprint density at radius 3 is 2.18 bits per heavy atom. The summed E-state index contributed by atoms with van der Waals surface area (Å²) < 4.78 is 13.8. The van der Waals surface area contributed by atoms with Gasteiger partial charge in [-0.05, 0) is 22.3 Å². The highest BCUT2D eigenvalue weighted by Crippen LogP contribution is 2.56. The smallest absolute Gasteiger partial charge is 0.124 e. The molecule has 0 N–H and O–H groups in total. The molecule has 1 nitrogen and oxygen atoms in total. The quantitative estimate of drug-likeness (QED) is 0.605. The van der Waals surface area contributed by atoms with E-state index in [4.69, 9.17) is 0 Å². The van der Waals surface area contributed by atoms with Crippen molar-refractivity contribution in [3.05, 3.63) is 90.0 Å². The van der Waals surface area contributed by atoms with E-state index in [1.54, 1.807) is 0 Å². The van der Waals surface area contributed by atoms with Gasteiger partial charge < -0.3 is 4.57 Å². The Morgan fingerprint density at radius 2 is 1.36 bits per heavy atom. The molecule has 4 rings (SSSR count). The number of benzene rings is 3. The van der Waals surface area contributed by atoms with E-state index in [0.717, 1.165) is 16.4 Å². The Balaban J connectivity index is 1.87. The highest BCUT2D eigenvalue weighted by Gasteiger charge is 2.33. The minimum Gasteiger partial charge on any atom is -0.318 e. The van der Waals surface area contributed by atoms with Gasteiger partial charge in [0.15, 0.2) is 0 Å². The maximum Gasteiger partial charge on any atom is 0.124 e. The molecule has 108 valence electrons. The standard InChI is InChI=1S/C20H17OP/c21-22(14-16-8-2-1-3-9-16)15-17-10-4-5-11-18(17)19-12-6-7-13-20(19)22/h1-13H,14-15H2. The van der Waals surface area contributed by atoms with E-state index >= 15 is 0 Å². The minimum absolute atomic E-state index is 0.638. The van der Waals surface area contributed by atoms with Crippen molar-refractivity contribution < 1.29 is 4.57 Å². The third-order valence-electron chi connectivity index (χ3n) is 4.36. The summed E-state index contributed by atoms with van der Waals surface area (Å²) in [5.74, 6) is 0. The second-order valence-electron chi connectivity index (χ2n) is 5.87. The zero-order valence-corrected chi connectivity index (χ0v) is 13.2. The van der Waals surface area contributed by atoms with Crippen LogP contribution in [0.2, 0.25) is 0 Å². The molecule has 3 aromatic carbocycles. The Kier molecular flexibility index (Phi) is 3.24. The lowest BCUT2D eigenvalue weighted by atomic mass is 10.0. The summed E-state index contributed by atoms with van der Waals surface area (Å²) in [4.78, 5) is 0. The molecule has 1 unspecified atom stereocenters. The first kappa shape index (κ1) is 13.5. The number of hydrogen-bond donors (Lipinski definition) is 0. The molecular formula is C20H17OP. The van der Waals surface area contributed by atoms with Crippen LogP contribution in [-0.4, -0.2) is 0 Å². The third kappa shape index (κ3) is 2.23. The molecule has 0 aromatic heterocycles. The van der Waals surface area contributed by atoms with Gasteiger partial charge in [0.05, 0.1) is 0 Å². The fourth-order valence-electron chi connectivity index (χ4n) is 3.36. The lowest BCUT2D eigenvalue weighted by Gasteiger charge is -2.28. The summed E-state index contributed by atoms with van der Waals surface area (Å²) in [5, 5.41) is 1.04. The highest BCUT2D eigenvalue weighted by molar-refractivity contribution is 7.70. The van der Waals surface area contributed by atoms with Crippen molar-refractivity contribution in [2.24, 2.45) is 0 Å². The Morgan fingerprint density at radius 1 is 0.727 bits per heavy atom. The number of fused-ring (bicyclic) bond motifs is 3. The lowest BCUT2D eigenvalue weighted by Crippen LogP contribution is -2.17. The summed E-state index contributed by atoms with van der Waals surface area (Å²) in [6.07, 6.45) is 1.30. The van der Waals surface area contributed by atoms with Crippen LogP contribution in [-0.2, 0) is 16.9 Å². The molecule has 0 saturated heterocycles. The monoisotopic (exact) mass is 304 g/mol. The van der Waals surface area contributed by atoms with Gasteiger partial charge in [0.25, 0.3) is 0 Å². The second kappa shape index (κ2) is 5.26. The van der Waals surface area contributed by atoms with Crippen molar-refractivity contribution in [2.45, 2.75) is 12.3 Å². The molecule has 0 bridgehead atoms. The van der Waals surface area contributed by atoms with Gasteiger partial charge in [0, 0.05) is 17.6 Å². The van der Waals surface area contributed by atoms with Crippen molar-refractivity contribution in [1.82, 2.24) is 0 Å². The maximum atomic E-state index is 13.8. The third-order valence-corrected chi connectivity index (χ3v) is 7.35. The molecule has 0 radical (unpaired) electrons. The summed E-state index contributed by atoms with van der Waals surface area (Å²) in [5.41, 5.74) is 4.74. The van der Waals surface area contributed by atoms with Crippen LogP contribution in [0.15, 0.2) is 78.9 Å². The summed E-state index contributed by atoms with van der Waals surface area (Å²) in [6, 6.07) is 26.7. The molecule has 0 spiro atoms. The fourth-order valence-corrected chi connectivity index (χ4v) is 6.43. The average Bonchev–Trinajstić information content (AvgIpc) is 2.56. The van der Waals surface area contributed by atoms with Crippen LogP contribution in [0.4, 0.5) is 0 Å². The van der Waals surface area contributed by atoms with Gasteiger partial charge in [0.1, 0.15) is 7.14 Å². The fraction of sp³-hybridized carbons (Fsp3) is 0.100. The topological polar surface area (TPSA) is 17.1 Å². The molecule has 22 heavy (non-hydrogen) atoms. The van der Waals surface area contributed by atoms with Crippen molar-refractivity contribution in [2.75, 3.05) is 0 Å². The molecule has 0 fully saturated rings. The van der Waals surface area contributed by atoms with Gasteiger partial charge >= 0.3 is 0 Å². The van der Waals surface area contributed by atoms with Crippen LogP contribution in [0.25, 0.3) is 11.1 Å². The van der Waals surface area contributed by atoms with E-state index in [9.17, 15) is 4.57 Å². The summed E-state index contributed by atoms with van der Waals surface area (Å²) in [7, 11) is -2.46. The minimum atomic E-state index is -2.46. The van der Waals surface area contributed by atoms with Crippen molar-refractivity contribution in [3.8, 4) is 11.1 Å². The van der Waals surface area contributed by atoms with Crippen molar-refractivity contribution in [3.63, 3.8) is 0 Å². The second-order valence-corrected chi connectivity index (χ2v) is 8.76. The van der Waals surface area contributed by atoms with E-state index in [1.807, 2.05) is 36.4 Å². The lowest BCUT2D eigenvalue weighted by molar-refractivity contribution is 0.579. The summed E-state index contributed by atoms with van der Waals surface area (Å²) in [6.45, 7) is 0. The maximum absolute atomic E-state index is 13.8. The van der Waals surface area contributed by atoms with Crippen molar-refractivity contribution in [1.29, 1.82) is 0 Å². The SMILES string of the molecule is O=P1(Cc2ccccc2)Cc2ccccc2-c2ccccc21. The van der Waals surface area contributed by atoms with E-state index in [1.165, 1.54) is 11.1 Å². The van der Waals surface area contributed by atoms with Gasteiger partial charge in [-0.25, -0.2) is 0 Å². The van der Waals surface area contributed by atoms with Gasteiger partial charge in [-0.3, -0.25) is 0 Å². The van der Waals surface area contributed by atoms with Crippen LogP contribution in [0.1, 0.15) is 11.1 Å². The number of rotatable bonds is 2. The van der Waals surface area contributed by atoms with Crippen LogP contribution >= 0.6 is 7.14 Å². The Bertz CT molecular complexity index is 862. The highest BCUT2D eigenvalue weighted by atomic mass is 31.2. The zero-order chi connectivity index (χ0) is 15.0. The molecule has 0 amide bonds. The molecule has 1 atom stereocenters.